The van der Waals surface area contributed by atoms with Crippen molar-refractivity contribution >= 4 is 28.2 Å². The minimum Gasteiger partial charge on any atom is -0.478 e. The maximum Gasteiger partial charge on any atom is 0.339 e. The number of nitrogens with one attached hydrogen (secondary N) is 1. The summed E-state index contributed by atoms with van der Waals surface area (Å²) in [6.45, 7) is 4.24. The van der Waals surface area contributed by atoms with E-state index < -0.39 is 17.7 Å². The van der Waals surface area contributed by atoms with Gasteiger partial charge in [-0.1, -0.05) is 13.8 Å². The Bertz CT molecular complexity index is 889. The van der Waals surface area contributed by atoms with Gasteiger partial charge in [0, 0.05) is 17.0 Å². The van der Waals surface area contributed by atoms with Crippen LogP contribution >= 0.6 is 11.3 Å². The molecule has 7 heteroatoms. The van der Waals surface area contributed by atoms with E-state index in [2.05, 4.69) is 19.2 Å². The lowest BCUT2D eigenvalue weighted by Gasteiger charge is -2.29. The fourth-order valence-electron chi connectivity index (χ4n) is 3.36. The van der Waals surface area contributed by atoms with Crippen LogP contribution in [0.2, 0.25) is 0 Å². The van der Waals surface area contributed by atoms with Crippen molar-refractivity contribution in [3.63, 3.8) is 0 Å². The molecule has 138 valence electrons. The van der Waals surface area contributed by atoms with E-state index in [0.29, 0.717) is 17.0 Å². The van der Waals surface area contributed by atoms with Crippen LogP contribution < -0.4 is 11.1 Å². The van der Waals surface area contributed by atoms with Crippen molar-refractivity contribution in [2.45, 2.75) is 39.7 Å². The van der Waals surface area contributed by atoms with E-state index in [1.54, 1.807) is 0 Å². The number of halogens is 1. The smallest absolute Gasteiger partial charge is 0.339 e. The fourth-order valence-corrected chi connectivity index (χ4v) is 4.56. The zero-order chi connectivity index (χ0) is 19.1. The Morgan fingerprint density at radius 3 is 2.77 bits per heavy atom. The number of nitrogens with two attached hydrogens (primary N) is 1. The molecule has 0 radical (unpaired) electrons. The Balaban J connectivity index is 1.97. The SMILES string of the molecule is CC1(C)CCc2sc(NC(=O)c3ccc(F)cc3CN)c(C(=O)O)c2C1. The van der Waals surface area contributed by atoms with Gasteiger partial charge in [-0.25, -0.2) is 9.18 Å². The summed E-state index contributed by atoms with van der Waals surface area (Å²) < 4.78 is 13.4. The topological polar surface area (TPSA) is 92.4 Å². The third-order valence-corrected chi connectivity index (χ3v) is 5.95. The molecule has 0 spiro atoms. The summed E-state index contributed by atoms with van der Waals surface area (Å²) in [4.78, 5) is 25.5. The molecule has 1 aromatic heterocycles. The largest absolute Gasteiger partial charge is 0.478 e. The molecule has 5 nitrogen and oxygen atoms in total. The predicted octanol–water partition coefficient (Wildman–Crippen LogP) is 3.81. The number of amides is 1. The van der Waals surface area contributed by atoms with Crippen molar-refractivity contribution in [1.82, 2.24) is 0 Å². The van der Waals surface area contributed by atoms with Crippen LogP contribution in [0.4, 0.5) is 9.39 Å². The number of rotatable bonds is 4. The number of hydrogen-bond donors (Lipinski definition) is 3. The average Bonchev–Trinajstić information content (AvgIpc) is 2.90. The number of carbonyl (C=O) groups is 2. The summed E-state index contributed by atoms with van der Waals surface area (Å²) in [7, 11) is 0. The second-order valence-corrected chi connectivity index (χ2v) is 8.42. The molecular weight excluding hydrogens is 355 g/mol. The molecule has 26 heavy (non-hydrogen) atoms. The highest BCUT2D eigenvalue weighted by Gasteiger charge is 2.33. The first-order valence-electron chi connectivity index (χ1n) is 8.39. The zero-order valence-electron chi connectivity index (χ0n) is 14.7. The summed E-state index contributed by atoms with van der Waals surface area (Å²) in [6.07, 6.45) is 2.44. The summed E-state index contributed by atoms with van der Waals surface area (Å²) in [5.74, 6) is -2.00. The first kappa shape index (κ1) is 18.5. The number of benzene rings is 1. The third-order valence-electron chi connectivity index (χ3n) is 4.75. The fraction of sp³-hybridized carbons (Fsp3) is 0.368. The summed E-state index contributed by atoms with van der Waals surface area (Å²) in [5, 5.41) is 12.7. The van der Waals surface area contributed by atoms with Crippen LogP contribution in [0.15, 0.2) is 18.2 Å². The molecule has 1 aliphatic rings. The molecule has 1 aliphatic carbocycles. The van der Waals surface area contributed by atoms with Crippen LogP contribution in [-0.2, 0) is 19.4 Å². The molecule has 1 aromatic carbocycles. The van der Waals surface area contributed by atoms with Crippen LogP contribution in [0.25, 0.3) is 0 Å². The zero-order valence-corrected chi connectivity index (χ0v) is 15.5. The summed E-state index contributed by atoms with van der Waals surface area (Å²) in [6, 6.07) is 3.77. The Hall–Kier alpha value is -2.25. The number of carboxylic acid groups (broad SMARTS) is 1. The quantitative estimate of drug-likeness (QED) is 0.756. The van der Waals surface area contributed by atoms with Crippen LogP contribution in [0.1, 0.15) is 57.0 Å². The van der Waals surface area contributed by atoms with Gasteiger partial charge >= 0.3 is 5.97 Å². The standard InChI is InChI=1S/C19H21FN2O3S/c1-19(2)6-5-14-13(8-19)15(18(24)25)17(26-14)22-16(23)12-4-3-11(20)7-10(12)9-21/h3-4,7H,5-6,8-9,21H2,1-2H3,(H,22,23)(H,24,25). The van der Waals surface area contributed by atoms with Gasteiger partial charge < -0.3 is 16.2 Å². The minimum atomic E-state index is -1.05. The van der Waals surface area contributed by atoms with Gasteiger partial charge in [0.25, 0.3) is 5.91 Å². The van der Waals surface area contributed by atoms with E-state index in [0.717, 1.165) is 23.3 Å². The van der Waals surface area contributed by atoms with Crippen LogP contribution in [-0.4, -0.2) is 17.0 Å². The molecule has 1 heterocycles. The average molecular weight is 376 g/mol. The number of carboxylic acids is 1. The molecular formula is C19H21FN2O3S. The molecule has 3 rings (SSSR count). The summed E-state index contributed by atoms with van der Waals surface area (Å²) >= 11 is 1.31. The van der Waals surface area contributed by atoms with Crippen molar-refractivity contribution in [2.24, 2.45) is 11.1 Å². The first-order chi connectivity index (χ1) is 12.2. The minimum absolute atomic E-state index is 0.0153. The van der Waals surface area contributed by atoms with Gasteiger partial charge in [-0.2, -0.15) is 0 Å². The van der Waals surface area contributed by atoms with Crippen molar-refractivity contribution in [3.05, 3.63) is 51.1 Å². The Labute approximate surface area is 155 Å². The van der Waals surface area contributed by atoms with Crippen molar-refractivity contribution in [1.29, 1.82) is 0 Å². The van der Waals surface area contributed by atoms with E-state index in [9.17, 15) is 19.1 Å². The highest BCUT2D eigenvalue weighted by molar-refractivity contribution is 7.17. The maximum atomic E-state index is 13.4. The second kappa shape index (κ2) is 6.81. The first-order valence-corrected chi connectivity index (χ1v) is 9.21. The lowest BCUT2D eigenvalue weighted by molar-refractivity contribution is 0.0696. The van der Waals surface area contributed by atoms with E-state index in [1.807, 2.05) is 0 Å². The predicted molar refractivity (Wildman–Crippen MR) is 99.3 cm³/mol. The van der Waals surface area contributed by atoms with Gasteiger partial charge in [0.2, 0.25) is 0 Å². The number of carbonyl (C=O) groups excluding carboxylic acids is 1. The molecule has 1 amide bonds. The maximum absolute atomic E-state index is 13.4. The van der Waals surface area contributed by atoms with Crippen molar-refractivity contribution in [3.8, 4) is 0 Å². The molecule has 0 fully saturated rings. The van der Waals surface area contributed by atoms with Crippen LogP contribution in [0, 0.1) is 11.2 Å². The molecule has 4 N–H and O–H groups in total. The Kier molecular flexibility index (Phi) is 4.86. The molecule has 0 unspecified atom stereocenters. The number of thiophene rings is 1. The molecule has 0 bridgehead atoms. The molecule has 0 aliphatic heterocycles. The number of fused-ring (bicyclic) bond motifs is 1. The van der Waals surface area contributed by atoms with Crippen LogP contribution in [0.3, 0.4) is 0 Å². The highest BCUT2D eigenvalue weighted by Crippen LogP contribution is 2.43. The van der Waals surface area contributed by atoms with Gasteiger partial charge in [0.15, 0.2) is 0 Å². The van der Waals surface area contributed by atoms with Gasteiger partial charge in [-0.3, -0.25) is 4.79 Å². The van der Waals surface area contributed by atoms with Gasteiger partial charge in [-0.05, 0) is 54.0 Å². The molecule has 0 atom stereocenters. The number of aryl methyl sites for hydroxylation is 1. The van der Waals surface area contributed by atoms with Crippen molar-refractivity contribution < 1.29 is 19.1 Å². The monoisotopic (exact) mass is 376 g/mol. The Morgan fingerprint density at radius 1 is 1.38 bits per heavy atom. The van der Waals surface area contributed by atoms with E-state index >= 15 is 0 Å². The van der Waals surface area contributed by atoms with E-state index in [1.165, 1.54) is 29.5 Å². The molecule has 0 saturated carbocycles. The van der Waals surface area contributed by atoms with E-state index in [-0.39, 0.29) is 23.1 Å². The Morgan fingerprint density at radius 2 is 2.12 bits per heavy atom. The normalized spacial score (nSPS) is 15.4. The number of aromatic carboxylic acids is 1. The highest BCUT2D eigenvalue weighted by atomic mass is 32.1. The van der Waals surface area contributed by atoms with Crippen LogP contribution in [0.5, 0.6) is 0 Å². The molecule has 0 saturated heterocycles. The van der Waals surface area contributed by atoms with Gasteiger partial charge in [-0.15, -0.1) is 11.3 Å². The number of hydrogen-bond acceptors (Lipinski definition) is 4. The third kappa shape index (κ3) is 3.50. The summed E-state index contributed by atoms with van der Waals surface area (Å²) in [5.41, 5.74) is 7.24. The lowest BCUT2D eigenvalue weighted by atomic mass is 9.76. The van der Waals surface area contributed by atoms with Crippen molar-refractivity contribution in [2.75, 3.05) is 5.32 Å². The lowest BCUT2D eigenvalue weighted by Crippen LogP contribution is -2.22. The van der Waals surface area contributed by atoms with Gasteiger partial charge in [0.05, 0.1) is 5.56 Å². The number of anilines is 1. The molecule has 2 aromatic rings. The van der Waals surface area contributed by atoms with Gasteiger partial charge in [0.1, 0.15) is 10.8 Å². The van der Waals surface area contributed by atoms with E-state index in [4.69, 9.17) is 5.73 Å². The second-order valence-electron chi connectivity index (χ2n) is 7.31.